The molecule has 2 atom stereocenters. The molecule has 1 N–H and O–H groups in total. The summed E-state index contributed by atoms with van der Waals surface area (Å²) in [5.74, 6) is 2.88. The van der Waals surface area contributed by atoms with Gasteiger partial charge in [-0.2, -0.15) is 0 Å². The topological polar surface area (TPSA) is 49.4 Å². The molecule has 4 nitrogen and oxygen atoms in total. The number of rotatable bonds is 4. The van der Waals surface area contributed by atoms with Crippen LogP contribution in [0.5, 0.6) is 0 Å². The van der Waals surface area contributed by atoms with Crippen molar-refractivity contribution in [3.63, 3.8) is 0 Å². The van der Waals surface area contributed by atoms with Gasteiger partial charge in [0.2, 0.25) is 11.8 Å². The van der Waals surface area contributed by atoms with E-state index in [0.29, 0.717) is 31.7 Å². The summed E-state index contributed by atoms with van der Waals surface area (Å²) in [7, 11) is 0. The van der Waals surface area contributed by atoms with Gasteiger partial charge in [0.25, 0.3) is 0 Å². The minimum absolute atomic E-state index is 0.00250. The van der Waals surface area contributed by atoms with Crippen LogP contribution in [0.4, 0.5) is 0 Å². The fraction of sp³-hybridized carbons (Fsp3) is 0.714. The average Bonchev–Trinajstić information content (AvgIpc) is 2.39. The van der Waals surface area contributed by atoms with Crippen molar-refractivity contribution in [3.05, 3.63) is 0 Å². The Morgan fingerprint density at radius 2 is 2.11 bits per heavy atom. The van der Waals surface area contributed by atoms with E-state index >= 15 is 0 Å². The van der Waals surface area contributed by atoms with Gasteiger partial charge in [0, 0.05) is 25.4 Å². The molecule has 1 fully saturated rings. The number of hydrogen-bond acceptors (Lipinski definition) is 2. The van der Waals surface area contributed by atoms with E-state index < -0.39 is 6.04 Å². The molecule has 0 aromatic heterocycles. The Labute approximate surface area is 109 Å². The lowest BCUT2D eigenvalue weighted by molar-refractivity contribution is -0.135. The number of nitrogens with one attached hydrogen (secondary N) is 1. The van der Waals surface area contributed by atoms with Crippen LogP contribution in [0, 0.1) is 18.3 Å². The summed E-state index contributed by atoms with van der Waals surface area (Å²) in [6.45, 7) is 6.47. The summed E-state index contributed by atoms with van der Waals surface area (Å²) in [4.78, 5) is 25.7. The van der Waals surface area contributed by atoms with Crippen LogP contribution in [0.15, 0.2) is 0 Å². The maximum Gasteiger partial charge on any atom is 0.245 e. The third-order valence-electron chi connectivity index (χ3n) is 3.15. The molecule has 1 heterocycles. The van der Waals surface area contributed by atoms with E-state index in [1.807, 2.05) is 20.8 Å². The first-order chi connectivity index (χ1) is 8.45. The quantitative estimate of drug-likeness (QED) is 0.761. The monoisotopic (exact) mass is 250 g/mol. The highest BCUT2D eigenvalue weighted by Crippen LogP contribution is 2.15. The molecule has 0 aromatic rings. The third kappa shape index (κ3) is 3.76. The Balaban J connectivity index is 2.82. The molecule has 0 aromatic carbocycles. The lowest BCUT2D eigenvalue weighted by atomic mass is 10.0. The number of carbonyl (C=O) groups is 2. The van der Waals surface area contributed by atoms with E-state index in [0.717, 1.165) is 0 Å². The molecule has 100 valence electrons. The molecule has 0 bridgehead atoms. The van der Waals surface area contributed by atoms with Crippen molar-refractivity contribution >= 4 is 11.8 Å². The van der Waals surface area contributed by atoms with Gasteiger partial charge in [0.1, 0.15) is 6.04 Å². The lowest BCUT2D eigenvalue weighted by Gasteiger charge is -2.29. The molecular formula is C14H22N2O2. The van der Waals surface area contributed by atoms with Gasteiger partial charge in [-0.15, -0.1) is 12.3 Å². The molecule has 1 aliphatic heterocycles. The van der Waals surface area contributed by atoms with Crippen LogP contribution < -0.4 is 5.32 Å². The van der Waals surface area contributed by atoms with E-state index in [2.05, 4.69) is 11.2 Å². The smallest absolute Gasteiger partial charge is 0.245 e. The third-order valence-corrected chi connectivity index (χ3v) is 3.15. The zero-order chi connectivity index (χ0) is 13.7. The van der Waals surface area contributed by atoms with Crippen molar-refractivity contribution in [2.75, 3.05) is 6.54 Å². The predicted octanol–water partition coefficient (Wildman–Crippen LogP) is 1.16. The maximum absolute atomic E-state index is 12.4. The van der Waals surface area contributed by atoms with Crippen LogP contribution in [-0.4, -0.2) is 35.3 Å². The Kier molecular flexibility index (Phi) is 5.21. The zero-order valence-corrected chi connectivity index (χ0v) is 11.4. The molecule has 0 saturated carbocycles. The zero-order valence-electron chi connectivity index (χ0n) is 11.4. The highest BCUT2D eigenvalue weighted by molar-refractivity contribution is 5.90. The summed E-state index contributed by atoms with van der Waals surface area (Å²) in [5.41, 5.74) is 0. The fourth-order valence-electron chi connectivity index (χ4n) is 2.21. The van der Waals surface area contributed by atoms with Crippen molar-refractivity contribution in [3.8, 4) is 12.3 Å². The number of carbonyl (C=O) groups excluding carboxylic acids is 2. The predicted molar refractivity (Wildman–Crippen MR) is 70.6 cm³/mol. The van der Waals surface area contributed by atoms with Crippen LogP contribution in [0.3, 0.4) is 0 Å². The normalized spacial score (nSPS) is 22.4. The van der Waals surface area contributed by atoms with Gasteiger partial charge < -0.3 is 10.2 Å². The van der Waals surface area contributed by atoms with E-state index in [9.17, 15) is 9.59 Å². The summed E-state index contributed by atoms with van der Waals surface area (Å²) in [6.07, 6.45) is 6.84. The molecule has 0 spiro atoms. The molecular weight excluding hydrogens is 228 g/mol. The standard InChI is InChI=1S/C14H22N2O2/c1-5-6-11(4)16-8-7-13(17)15-12(14(16)18)9-10(2)3/h1,10-12H,6-9H2,2-4H3,(H,15,17). The molecule has 18 heavy (non-hydrogen) atoms. The van der Waals surface area contributed by atoms with Gasteiger partial charge in [0.15, 0.2) is 0 Å². The number of terminal acetylenes is 1. The van der Waals surface area contributed by atoms with Crippen molar-refractivity contribution in [2.24, 2.45) is 5.92 Å². The first-order valence-electron chi connectivity index (χ1n) is 6.49. The second-order valence-electron chi connectivity index (χ2n) is 5.29. The maximum atomic E-state index is 12.4. The van der Waals surface area contributed by atoms with Crippen molar-refractivity contribution < 1.29 is 9.59 Å². The fourth-order valence-corrected chi connectivity index (χ4v) is 2.21. The molecule has 0 aliphatic carbocycles. The van der Waals surface area contributed by atoms with Gasteiger partial charge in [0.05, 0.1) is 0 Å². The van der Waals surface area contributed by atoms with Gasteiger partial charge in [-0.05, 0) is 19.3 Å². The van der Waals surface area contributed by atoms with E-state index in [4.69, 9.17) is 6.42 Å². The van der Waals surface area contributed by atoms with Gasteiger partial charge >= 0.3 is 0 Å². The summed E-state index contributed by atoms with van der Waals surface area (Å²) in [5, 5.41) is 2.81. The SMILES string of the molecule is C#CCC(C)N1CCC(=O)NC(CC(C)C)C1=O. The lowest BCUT2D eigenvalue weighted by Crippen LogP contribution is -2.48. The molecule has 1 saturated heterocycles. The number of amides is 2. The van der Waals surface area contributed by atoms with Crippen LogP contribution in [0.2, 0.25) is 0 Å². The Bertz CT molecular complexity index is 357. The number of nitrogens with zero attached hydrogens (tertiary/aromatic N) is 1. The van der Waals surface area contributed by atoms with E-state index in [1.54, 1.807) is 4.90 Å². The van der Waals surface area contributed by atoms with Gasteiger partial charge in [-0.25, -0.2) is 0 Å². The second kappa shape index (κ2) is 6.44. The Hall–Kier alpha value is -1.50. The molecule has 1 rings (SSSR count). The van der Waals surface area contributed by atoms with E-state index in [-0.39, 0.29) is 17.9 Å². The molecule has 1 aliphatic rings. The van der Waals surface area contributed by atoms with Gasteiger partial charge in [-0.3, -0.25) is 9.59 Å². The second-order valence-corrected chi connectivity index (χ2v) is 5.29. The van der Waals surface area contributed by atoms with Crippen LogP contribution in [-0.2, 0) is 9.59 Å². The van der Waals surface area contributed by atoms with Crippen molar-refractivity contribution in [1.82, 2.24) is 10.2 Å². The average molecular weight is 250 g/mol. The minimum Gasteiger partial charge on any atom is -0.344 e. The molecule has 2 unspecified atom stereocenters. The first-order valence-corrected chi connectivity index (χ1v) is 6.49. The highest BCUT2D eigenvalue weighted by atomic mass is 16.2. The Morgan fingerprint density at radius 3 is 2.67 bits per heavy atom. The van der Waals surface area contributed by atoms with E-state index in [1.165, 1.54) is 0 Å². The highest BCUT2D eigenvalue weighted by Gasteiger charge is 2.32. The van der Waals surface area contributed by atoms with Gasteiger partial charge in [-0.1, -0.05) is 13.8 Å². The van der Waals surface area contributed by atoms with Crippen LogP contribution in [0.1, 0.15) is 40.0 Å². The van der Waals surface area contributed by atoms with Crippen LogP contribution >= 0.6 is 0 Å². The van der Waals surface area contributed by atoms with Crippen molar-refractivity contribution in [2.45, 2.75) is 52.1 Å². The van der Waals surface area contributed by atoms with Crippen molar-refractivity contribution in [1.29, 1.82) is 0 Å². The summed E-state index contributed by atoms with van der Waals surface area (Å²) >= 11 is 0. The number of hydrogen-bond donors (Lipinski definition) is 1. The molecule has 0 radical (unpaired) electrons. The summed E-state index contributed by atoms with van der Waals surface area (Å²) in [6, 6.07) is -0.412. The molecule has 4 heteroatoms. The largest absolute Gasteiger partial charge is 0.344 e. The first kappa shape index (κ1) is 14.6. The summed E-state index contributed by atoms with van der Waals surface area (Å²) < 4.78 is 0. The Morgan fingerprint density at radius 1 is 1.44 bits per heavy atom. The molecule has 2 amide bonds. The van der Waals surface area contributed by atoms with Crippen LogP contribution in [0.25, 0.3) is 0 Å². The minimum atomic E-state index is -0.403.